The number of urea groups is 1. The molecule has 0 unspecified atom stereocenters. The first-order valence-corrected chi connectivity index (χ1v) is 5.99. The van der Waals surface area contributed by atoms with Crippen molar-refractivity contribution in [3.63, 3.8) is 0 Å². The lowest BCUT2D eigenvalue weighted by atomic mass is 10.4. The van der Waals surface area contributed by atoms with Crippen LogP contribution in [-0.4, -0.2) is 41.6 Å². The largest absolute Gasteiger partial charge is 0.343 e. The van der Waals surface area contributed by atoms with Crippen molar-refractivity contribution < 1.29 is 14.1 Å². The zero-order valence-corrected chi connectivity index (χ0v) is 10.0. The second-order valence-corrected chi connectivity index (χ2v) is 4.10. The maximum atomic E-state index is 11.4. The van der Waals surface area contributed by atoms with Crippen LogP contribution in [0.2, 0.25) is 0 Å². The standard InChI is InChI=1S/C11H16N4O3/c16-10-3-1-7-15(10)8-2-5-12-11(17)14-9-4-6-13-18-9/h4,6H,1-3,5,7-8H2,(H2,12,14,17). The van der Waals surface area contributed by atoms with Crippen molar-refractivity contribution in [1.29, 1.82) is 0 Å². The predicted octanol–water partition coefficient (Wildman–Crippen LogP) is 0.809. The quantitative estimate of drug-likeness (QED) is 0.759. The van der Waals surface area contributed by atoms with Crippen LogP contribution in [0.15, 0.2) is 16.8 Å². The lowest BCUT2D eigenvalue weighted by molar-refractivity contribution is -0.127. The SMILES string of the molecule is O=C(NCCCN1CCCC1=O)Nc1ccno1. The van der Waals surface area contributed by atoms with Gasteiger partial charge in [0.1, 0.15) is 0 Å². The number of aromatic nitrogens is 1. The van der Waals surface area contributed by atoms with Gasteiger partial charge in [-0.2, -0.15) is 0 Å². The Morgan fingerprint density at radius 1 is 1.56 bits per heavy atom. The molecule has 0 atom stereocenters. The van der Waals surface area contributed by atoms with Crippen LogP contribution >= 0.6 is 0 Å². The van der Waals surface area contributed by atoms with E-state index in [1.807, 2.05) is 4.90 Å². The van der Waals surface area contributed by atoms with Gasteiger partial charge in [0.15, 0.2) is 0 Å². The zero-order chi connectivity index (χ0) is 12.8. The van der Waals surface area contributed by atoms with E-state index in [0.717, 1.165) is 19.4 Å². The molecule has 98 valence electrons. The normalized spacial score (nSPS) is 14.9. The highest BCUT2D eigenvalue weighted by Gasteiger charge is 2.18. The summed E-state index contributed by atoms with van der Waals surface area (Å²) in [4.78, 5) is 24.5. The number of hydrogen-bond acceptors (Lipinski definition) is 4. The molecule has 2 N–H and O–H groups in total. The number of anilines is 1. The van der Waals surface area contributed by atoms with Gasteiger partial charge in [0, 0.05) is 32.1 Å². The Morgan fingerprint density at radius 3 is 3.11 bits per heavy atom. The molecule has 7 nitrogen and oxygen atoms in total. The first-order valence-electron chi connectivity index (χ1n) is 5.99. The first kappa shape index (κ1) is 12.4. The van der Waals surface area contributed by atoms with E-state index < -0.39 is 0 Å². The van der Waals surface area contributed by atoms with Crippen LogP contribution in [0, 0.1) is 0 Å². The summed E-state index contributed by atoms with van der Waals surface area (Å²) >= 11 is 0. The first-order chi connectivity index (χ1) is 8.75. The van der Waals surface area contributed by atoms with Crippen LogP contribution in [0.4, 0.5) is 10.7 Å². The highest BCUT2D eigenvalue weighted by atomic mass is 16.5. The molecule has 7 heteroatoms. The van der Waals surface area contributed by atoms with Gasteiger partial charge in [-0.3, -0.25) is 10.1 Å². The third-order valence-corrected chi connectivity index (χ3v) is 2.74. The molecule has 1 fully saturated rings. The molecule has 18 heavy (non-hydrogen) atoms. The van der Waals surface area contributed by atoms with Gasteiger partial charge in [-0.15, -0.1) is 0 Å². The summed E-state index contributed by atoms with van der Waals surface area (Å²) in [5.74, 6) is 0.517. The highest BCUT2D eigenvalue weighted by Crippen LogP contribution is 2.09. The van der Waals surface area contributed by atoms with E-state index in [1.165, 1.54) is 6.20 Å². The Balaban J connectivity index is 1.57. The monoisotopic (exact) mass is 252 g/mol. The molecule has 1 aliphatic rings. The van der Waals surface area contributed by atoms with Gasteiger partial charge in [0.05, 0.1) is 6.20 Å². The van der Waals surface area contributed by atoms with E-state index in [4.69, 9.17) is 4.52 Å². The molecule has 0 spiro atoms. The number of carbonyl (C=O) groups is 2. The summed E-state index contributed by atoms with van der Waals surface area (Å²) in [7, 11) is 0. The van der Waals surface area contributed by atoms with Crippen molar-refractivity contribution in [1.82, 2.24) is 15.4 Å². The number of carbonyl (C=O) groups excluding carboxylic acids is 2. The topological polar surface area (TPSA) is 87.5 Å². The number of nitrogens with zero attached hydrogens (tertiary/aromatic N) is 2. The smallest absolute Gasteiger partial charge is 0.321 e. The Hall–Kier alpha value is -2.05. The minimum absolute atomic E-state index is 0.209. The van der Waals surface area contributed by atoms with E-state index in [1.54, 1.807) is 6.07 Å². The van der Waals surface area contributed by atoms with Crippen LogP contribution in [0.3, 0.4) is 0 Å². The van der Waals surface area contributed by atoms with Gasteiger partial charge in [-0.05, 0) is 12.8 Å². The van der Waals surface area contributed by atoms with E-state index in [-0.39, 0.29) is 11.9 Å². The van der Waals surface area contributed by atoms with E-state index in [0.29, 0.717) is 25.4 Å². The maximum Gasteiger partial charge on any atom is 0.321 e. The minimum Gasteiger partial charge on any atom is -0.343 e. The molecule has 1 aromatic rings. The molecule has 2 rings (SSSR count). The van der Waals surface area contributed by atoms with Crippen LogP contribution in [0.25, 0.3) is 0 Å². The third kappa shape index (κ3) is 3.47. The second kappa shape index (κ2) is 6.04. The summed E-state index contributed by atoms with van der Waals surface area (Å²) in [5.41, 5.74) is 0. The fourth-order valence-electron chi connectivity index (χ4n) is 1.85. The minimum atomic E-state index is -0.334. The van der Waals surface area contributed by atoms with Gasteiger partial charge >= 0.3 is 6.03 Å². The van der Waals surface area contributed by atoms with Crippen molar-refractivity contribution in [2.45, 2.75) is 19.3 Å². The van der Waals surface area contributed by atoms with E-state index in [9.17, 15) is 9.59 Å². The van der Waals surface area contributed by atoms with Crippen molar-refractivity contribution >= 4 is 17.8 Å². The molecule has 0 bridgehead atoms. The summed E-state index contributed by atoms with van der Waals surface area (Å²) in [5, 5.41) is 8.65. The summed E-state index contributed by atoms with van der Waals surface area (Å²) < 4.78 is 4.73. The van der Waals surface area contributed by atoms with Crippen molar-refractivity contribution in [3.8, 4) is 0 Å². The molecule has 2 heterocycles. The van der Waals surface area contributed by atoms with Crippen molar-refractivity contribution in [3.05, 3.63) is 12.3 Å². The Kier molecular flexibility index (Phi) is 4.16. The fraction of sp³-hybridized carbons (Fsp3) is 0.545. The third-order valence-electron chi connectivity index (χ3n) is 2.74. The average molecular weight is 252 g/mol. The summed E-state index contributed by atoms with van der Waals surface area (Å²) in [6, 6.07) is 1.22. The molecule has 0 aliphatic carbocycles. The summed E-state index contributed by atoms with van der Waals surface area (Å²) in [6.07, 6.45) is 3.79. The average Bonchev–Trinajstić information content (AvgIpc) is 2.97. The Morgan fingerprint density at radius 2 is 2.44 bits per heavy atom. The second-order valence-electron chi connectivity index (χ2n) is 4.10. The van der Waals surface area contributed by atoms with Crippen LogP contribution in [-0.2, 0) is 4.79 Å². The molecule has 3 amide bonds. The van der Waals surface area contributed by atoms with Gasteiger partial charge in [0.2, 0.25) is 11.8 Å². The molecule has 0 aromatic carbocycles. The lowest BCUT2D eigenvalue weighted by Gasteiger charge is -2.15. The Bertz CT molecular complexity index is 404. The van der Waals surface area contributed by atoms with E-state index in [2.05, 4.69) is 15.8 Å². The predicted molar refractivity (Wildman–Crippen MR) is 64.0 cm³/mol. The van der Waals surface area contributed by atoms with Gasteiger partial charge < -0.3 is 14.7 Å². The van der Waals surface area contributed by atoms with Gasteiger partial charge in [-0.25, -0.2) is 4.79 Å². The van der Waals surface area contributed by atoms with E-state index >= 15 is 0 Å². The number of amides is 3. The maximum absolute atomic E-state index is 11.4. The summed E-state index contributed by atoms with van der Waals surface area (Å²) in [6.45, 7) is 2.05. The molecule has 1 aliphatic heterocycles. The Labute approximate surface area is 104 Å². The van der Waals surface area contributed by atoms with Gasteiger partial charge in [-0.1, -0.05) is 5.16 Å². The van der Waals surface area contributed by atoms with Crippen LogP contribution in [0.1, 0.15) is 19.3 Å². The molecular weight excluding hydrogens is 236 g/mol. The number of nitrogens with one attached hydrogen (secondary N) is 2. The zero-order valence-electron chi connectivity index (χ0n) is 10.0. The van der Waals surface area contributed by atoms with Crippen LogP contribution in [0.5, 0.6) is 0 Å². The fourth-order valence-corrected chi connectivity index (χ4v) is 1.85. The lowest BCUT2D eigenvalue weighted by Crippen LogP contribution is -2.32. The highest BCUT2D eigenvalue weighted by molar-refractivity contribution is 5.87. The number of hydrogen-bond donors (Lipinski definition) is 2. The van der Waals surface area contributed by atoms with Gasteiger partial charge in [0.25, 0.3) is 0 Å². The van der Waals surface area contributed by atoms with Crippen molar-refractivity contribution in [2.24, 2.45) is 0 Å². The molecule has 1 aromatic heterocycles. The molecule has 0 radical (unpaired) electrons. The molecule has 0 saturated carbocycles. The van der Waals surface area contributed by atoms with Crippen molar-refractivity contribution in [2.75, 3.05) is 25.0 Å². The molecule has 1 saturated heterocycles. The number of rotatable bonds is 5. The number of likely N-dealkylation sites (tertiary alicyclic amines) is 1. The van der Waals surface area contributed by atoms with Crippen LogP contribution < -0.4 is 10.6 Å². The molecular formula is C11H16N4O3.